The number of halogens is 1. The molecule has 1 saturated heterocycles. The van der Waals surface area contributed by atoms with Gasteiger partial charge >= 0.3 is 0 Å². The van der Waals surface area contributed by atoms with E-state index in [0.717, 1.165) is 38.9 Å². The van der Waals surface area contributed by atoms with Crippen LogP contribution in [0.1, 0.15) is 31.7 Å². The lowest BCUT2D eigenvalue weighted by molar-refractivity contribution is -0.132. The maximum Gasteiger partial charge on any atom is 0.222 e. The Morgan fingerprint density at radius 2 is 2.10 bits per heavy atom. The second kappa shape index (κ2) is 7.98. The van der Waals surface area contributed by atoms with E-state index in [1.54, 1.807) is 0 Å². The molecule has 0 saturated carbocycles. The van der Waals surface area contributed by atoms with Crippen LogP contribution in [-0.2, 0) is 11.2 Å². The third-order valence-electron chi connectivity index (χ3n) is 3.74. The van der Waals surface area contributed by atoms with Gasteiger partial charge in [-0.3, -0.25) is 4.79 Å². The van der Waals surface area contributed by atoms with Crippen LogP contribution in [0.3, 0.4) is 0 Å². The van der Waals surface area contributed by atoms with Crippen LogP contribution < -0.4 is 5.32 Å². The average Bonchev–Trinajstić information content (AvgIpc) is 2.45. The number of nitrogens with zero attached hydrogens (tertiary/aromatic N) is 1. The number of amides is 1. The summed E-state index contributed by atoms with van der Waals surface area (Å²) in [6.07, 6.45) is 3.84. The van der Waals surface area contributed by atoms with Crippen molar-refractivity contribution >= 4 is 28.5 Å². The Balaban J connectivity index is 1.65. The second-order valence-electron chi connectivity index (χ2n) is 5.53. The van der Waals surface area contributed by atoms with Crippen molar-refractivity contribution in [3.63, 3.8) is 0 Å². The molecule has 20 heavy (non-hydrogen) atoms. The molecule has 1 aromatic rings. The molecule has 0 aromatic heterocycles. The highest BCUT2D eigenvalue weighted by Gasteiger charge is 2.19. The van der Waals surface area contributed by atoms with Gasteiger partial charge in [-0.1, -0.05) is 12.1 Å². The minimum Gasteiger partial charge on any atom is -0.340 e. The second-order valence-corrected chi connectivity index (χ2v) is 6.77. The first-order valence-electron chi connectivity index (χ1n) is 7.41. The lowest BCUT2D eigenvalue weighted by atomic mass is 10.1. The van der Waals surface area contributed by atoms with Crippen molar-refractivity contribution < 1.29 is 4.79 Å². The van der Waals surface area contributed by atoms with E-state index >= 15 is 0 Å². The number of nitrogens with one attached hydrogen (secondary N) is 1. The van der Waals surface area contributed by atoms with E-state index in [1.807, 2.05) is 4.90 Å². The molecule has 3 nitrogen and oxygen atoms in total. The Morgan fingerprint density at radius 1 is 1.35 bits per heavy atom. The predicted octanol–water partition coefficient (Wildman–Crippen LogP) is 2.82. The van der Waals surface area contributed by atoms with Crippen LogP contribution in [0, 0.1) is 3.57 Å². The molecular weight excluding hydrogens is 363 g/mol. The number of hydrogen-bond acceptors (Lipinski definition) is 2. The van der Waals surface area contributed by atoms with Crippen LogP contribution in [0.2, 0.25) is 0 Å². The van der Waals surface area contributed by atoms with Crippen molar-refractivity contribution in [1.82, 2.24) is 10.2 Å². The normalized spacial score (nSPS) is 19.1. The number of carbonyl (C=O) groups is 1. The lowest BCUT2D eigenvalue weighted by Gasteiger charge is -2.32. The summed E-state index contributed by atoms with van der Waals surface area (Å²) in [5.74, 6) is 0.320. The highest BCUT2D eigenvalue weighted by Crippen LogP contribution is 2.11. The number of rotatable bonds is 5. The molecule has 1 unspecified atom stereocenters. The minimum absolute atomic E-state index is 0.320. The summed E-state index contributed by atoms with van der Waals surface area (Å²) in [5.41, 5.74) is 1.37. The van der Waals surface area contributed by atoms with Crippen molar-refractivity contribution in [3.05, 3.63) is 33.4 Å². The topological polar surface area (TPSA) is 32.3 Å². The number of aryl methyl sites for hydroxylation is 1. The largest absolute Gasteiger partial charge is 0.340 e. The summed E-state index contributed by atoms with van der Waals surface area (Å²) < 4.78 is 1.27. The van der Waals surface area contributed by atoms with Gasteiger partial charge in [-0.25, -0.2) is 0 Å². The maximum atomic E-state index is 12.1. The van der Waals surface area contributed by atoms with Gasteiger partial charge in [0.05, 0.1) is 0 Å². The standard InChI is InChI=1S/C16H23IN2O/c1-13-12-19(11-10-18-13)16(20)5-3-2-4-14-6-8-15(17)9-7-14/h6-9,13,18H,2-5,10-12H2,1H3. The molecule has 0 radical (unpaired) electrons. The van der Waals surface area contributed by atoms with Crippen molar-refractivity contribution in [1.29, 1.82) is 0 Å². The molecule has 110 valence electrons. The first-order valence-corrected chi connectivity index (χ1v) is 8.48. The molecule has 1 amide bonds. The molecule has 0 bridgehead atoms. The van der Waals surface area contributed by atoms with Gasteiger partial charge in [0.1, 0.15) is 0 Å². The summed E-state index contributed by atoms with van der Waals surface area (Å²) >= 11 is 2.32. The van der Waals surface area contributed by atoms with Crippen LogP contribution >= 0.6 is 22.6 Å². The fourth-order valence-corrected chi connectivity index (χ4v) is 2.93. The van der Waals surface area contributed by atoms with Crippen LogP contribution in [0.5, 0.6) is 0 Å². The van der Waals surface area contributed by atoms with Crippen LogP contribution in [0.4, 0.5) is 0 Å². The molecule has 0 spiro atoms. The van der Waals surface area contributed by atoms with Crippen LogP contribution in [-0.4, -0.2) is 36.5 Å². The Hall–Kier alpha value is -0.620. The third kappa shape index (κ3) is 5.05. The zero-order valence-corrected chi connectivity index (χ0v) is 14.2. The number of carbonyl (C=O) groups excluding carboxylic acids is 1. The van der Waals surface area contributed by atoms with E-state index < -0.39 is 0 Å². The van der Waals surface area contributed by atoms with Crippen LogP contribution in [0.15, 0.2) is 24.3 Å². The maximum absolute atomic E-state index is 12.1. The quantitative estimate of drug-likeness (QED) is 0.624. The minimum atomic E-state index is 0.320. The Kier molecular flexibility index (Phi) is 6.29. The summed E-state index contributed by atoms with van der Waals surface area (Å²) in [7, 11) is 0. The van der Waals surface area contributed by atoms with E-state index in [4.69, 9.17) is 0 Å². The highest BCUT2D eigenvalue weighted by atomic mass is 127. The van der Waals surface area contributed by atoms with E-state index in [0.29, 0.717) is 18.4 Å². The molecule has 4 heteroatoms. The smallest absolute Gasteiger partial charge is 0.222 e. The van der Waals surface area contributed by atoms with Crippen LogP contribution in [0.25, 0.3) is 0 Å². The number of unbranched alkanes of at least 4 members (excludes halogenated alkanes) is 1. The number of benzene rings is 1. The molecular formula is C16H23IN2O. The van der Waals surface area contributed by atoms with Crippen molar-refractivity contribution in [2.75, 3.05) is 19.6 Å². The van der Waals surface area contributed by atoms with Gasteiger partial charge in [0.25, 0.3) is 0 Å². The number of piperazine rings is 1. The molecule has 1 aliphatic heterocycles. The highest BCUT2D eigenvalue weighted by molar-refractivity contribution is 14.1. The number of hydrogen-bond donors (Lipinski definition) is 1. The first kappa shape index (κ1) is 15.8. The fourth-order valence-electron chi connectivity index (χ4n) is 2.57. The molecule has 1 atom stereocenters. The third-order valence-corrected chi connectivity index (χ3v) is 4.46. The molecule has 0 aliphatic carbocycles. The summed E-state index contributed by atoms with van der Waals surface area (Å²) in [4.78, 5) is 14.1. The molecule has 1 N–H and O–H groups in total. The first-order chi connectivity index (χ1) is 9.65. The van der Waals surface area contributed by atoms with Crippen molar-refractivity contribution in [2.24, 2.45) is 0 Å². The summed E-state index contributed by atoms with van der Waals surface area (Å²) in [5, 5.41) is 3.37. The zero-order valence-electron chi connectivity index (χ0n) is 12.1. The summed E-state index contributed by atoms with van der Waals surface area (Å²) in [6, 6.07) is 9.08. The SMILES string of the molecule is CC1CN(C(=O)CCCCc2ccc(I)cc2)CCN1. The van der Waals surface area contributed by atoms with Gasteiger partial charge in [0.2, 0.25) is 5.91 Å². The monoisotopic (exact) mass is 386 g/mol. The van der Waals surface area contributed by atoms with E-state index in [9.17, 15) is 4.79 Å². The molecule has 1 heterocycles. The van der Waals surface area contributed by atoms with Crippen molar-refractivity contribution in [2.45, 2.75) is 38.6 Å². The Bertz CT molecular complexity index is 433. The van der Waals surface area contributed by atoms with E-state index in [-0.39, 0.29) is 0 Å². The fraction of sp³-hybridized carbons (Fsp3) is 0.562. The summed E-state index contributed by atoms with van der Waals surface area (Å²) in [6.45, 7) is 4.78. The van der Waals surface area contributed by atoms with Gasteiger partial charge in [-0.2, -0.15) is 0 Å². The van der Waals surface area contributed by atoms with Gasteiger partial charge in [-0.05, 0) is 66.5 Å². The van der Waals surface area contributed by atoms with Gasteiger partial charge in [0.15, 0.2) is 0 Å². The molecule has 2 rings (SSSR count). The van der Waals surface area contributed by atoms with Gasteiger partial charge < -0.3 is 10.2 Å². The Labute approximate surface area is 135 Å². The molecule has 1 aliphatic rings. The zero-order chi connectivity index (χ0) is 14.4. The van der Waals surface area contributed by atoms with E-state index in [2.05, 4.69) is 59.1 Å². The van der Waals surface area contributed by atoms with Gasteiger partial charge in [-0.15, -0.1) is 0 Å². The van der Waals surface area contributed by atoms with E-state index in [1.165, 1.54) is 9.13 Å². The molecule has 1 aromatic carbocycles. The van der Waals surface area contributed by atoms with Gasteiger partial charge in [0, 0.05) is 35.7 Å². The lowest BCUT2D eigenvalue weighted by Crippen LogP contribution is -2.51. The average molecular weight is 386 g/mol. The predicted molar refractivity (Wildman–Crippen MR) is 90.8 cm³/mol. The molecule has 1 fully saturated rings. The Morgan fingerprint density at radius 3 is 2.80 bits per heavy atom. The van der Waals surface area contributed by atoms with Crippen molar-refractivity contribution in [3.8, 4) is 0 Å².